The Morgan fingerprint density at radius 2 is 2.00 bits per heavy atom. The lowest BCUT2D eigenvalue weighted by Gasteiger charge is -2.26. The first-order valence-electron chi connectivity index (χ1n) is 3.92. The fourth-order valence-corrected chi connectivity index (χ4v) is 1.57. The Hall–Kier alpha value is 0.270. The second-order valence-corrected chi connectivity index (χ2v) is 4.92. The van der Waals surface area contributed by atoms with Crippen LogP contribution in [0.15, 0.2) is 0 Å². The predicted octanol–water partition coefficient (Wildman–Crippen LogP) is 1.09. The molecule has 3 heteroatoms. The van der Waals surface area contributed by atoms with Crippen molar-refractivity contribution in [1.82, 2.24) is 0 Å². The lowest BCUT2D eigenvalue weighted by molar-refractivity contribution is 0.321. The van der Waals surface area contributed by atoms with E-state index in [1.165, 1.54) is 0 Å². The lowest BCUT2D eigenvalue weighted by Crippen LogP contribution is -2.37. The molecule has 3 N–H and O–H groups in total. The molecule has 0 saturated carbocycles. The van der Waals surface area contributed by atoms with Crippen LogP contribution < -0.4 is 5.73 Å². The van der Waals surface area contributed by atoms with Crippen molar-refractivity contribution in [1.29, 1.82) is 0 Å². The summed E-state index contributed by atoms with van der Waals surface area (Å²) in [6.07, 6.45) is 0. The normalized spacial score (nSPS) is 15.0. The number of hydrogen-bond donors (Lipinski definition) is 2. The van der Waals surface area contributed by atoms with Crippen LogP contribution in [0, 0.1) is 5.41 Å². The van der Waals surface area contributed by atoms with Gasteiger partial charge in [-0.15, -0.1) is 0 Å². The van der Waals surface area contributed by atoms with Crippen molar-refractivity contribution < 1.29 is 5.11 Å². The highest BCUT2D eigenvalue weighted by Crippen LogP contribution is 2.20. The third-order valence-corrected chi connectivity index (χ3v) is 2.71. The monoisotopic (exact) mass is 177 g/mol. The Morgan fingerprint density at radius 3 is 2.36 bits per heavy atom. The molecule has 0 aliphatic heterocycles. The largest absolute Gasteiger partial charge is 0.396 e. The van der Waals surface area contributed by atoms with Gasteiger partial charge in [-0.25, -0.2) is 0 Å². The standard InChI is InChI=1S/C8H19NOS/c1-8(2,3)7(9)6-11-5-4-10/h7,10H,4-6,9H2,1-3H3. The fourth-order valence-electron chi connectivity index (χ4n) is 0.525. The summed E-state index contributed by atoms with van der Waals surface area (Å²) in [4.78, 5) is 0. The van der Waals surface area contributed by atoms with Gasteiger partial charge < -0.3 is 10.8 Å². The smallest absolute Gasteiger partial charge is 0.0521 e. The van der Waals surface area contributed by atoms with Gasteiger partial charge in [0.25, 0.3) is 0 Å². The number of aliphatic hydroxyl groups is 1. The molecule has 0 aromatic rings. The van der Waals surface area contributed by atoms with Crippen LogP contribution in [-0.4, -0.2) is 29.3 Å². The lowest BCUT2D eigenvalue weighted by atomic mass is 9.89. The van der Waals surface area contributed by atoms with Gasteiger partial charge in [0.2, 0.25) is 0 Å². The molecule has 0 rings (SSSR count). The maximum absolute atomic E-state index is 8.52. The number of aliphatic hydroxyl groups excluding tert-OH is 1. The van der Waals surface area contributed by atoms with Crippen LogP contribution in [0.2, 0.25) is 0 Å². The summed E-state index contributed by atoms with van der Waals surface area (Å²) < 4.78 is 0. The van der Waals surface area contributed by atoms with Gasteiger partial charge in [-0.2, -0.15) is 11.8 Å². The van der Waals surface area contributed by atoms with Crippen molar-refractivity contribution in [2.75, 3.05) is 18.1 Å². The zero-order chi connectivity index (χ0) is 8.91. The zero-order valence-corrected chi connectivity index (χ0v) is 8.45. The topological polar surface area (TPSA) is 46.2 Å². The van der Waals surface area contributed by atoms with E-state index in [1.54, 1.807) is 11.8 Å². The van der Waals surface area contributed by atoms with E-state index in [0.29, 0.717) is 0 Å². The maximum Gasteiger partial charge on any atom is 0.0521 e. The summed E-state index contributed by atoms with van der Waals surface area (Å²) in [7, 11) is 0. The van der Waals surface area contributed by atoms with Gasteiger partial charge in [0, 0.05) is 17.5 Å². The third-order valence-electron chi connectivity index (χ3n) is 1.65. The molecule has 1 unspecified atom stereocenters. The molecule has 0 aliphatic carbocycles. The molecule has 0 spiro atoms. The molecule has 0 saturated heterocycles. The second kappa shape index (κ2) is 5.01. The minimum absolute atomic E-state index is 0.183. The van der Waals surface area contributed by atoms with E-state index in [2.05, 4.69) is 20.8 Å². The zero-order valence-electron chi connectivity index (χ0n) is 7.63. The van der Waals surface area contributed by atoms with Crippen LogP contribution in [0.25, 0.3) is 0 Å². The molecule has 0 amide bonds. The van der Waals surface area contributed by atoms with Gasteiger partial charge in [-0.3, -0.25) is 0 Å². The van der Waals surface area contributed by atoms with E-state index in [-0.39, 0.29) is 18.1 Å². The number of nitrogens with two attached hydrogens (primary N) is 1. The SMILES string of the molecule is CC(C)(C)C(N)CSCCO. The molecular formula is C8H19NOS. The van der Waals surface area contributed by atoms with Crippen molar-refractivity contribution in [3.8, 4) is 0 Å². The summed E-state index contributed by atoms with van der Waals surface area (Å²) in [5.41, 5.74) is 6.07. The van der Waals surface area contributed by atoms with E-state index in [4.69, 9.17) is 10.8 Å². The van der Waals surface area contributed by atoms with Crippen molar-refractivity contribution in [2.45, 2.75) is 26.8 Å². The third kappa shape index (κ3) is 5.53. The molecule has 0 aliphatic rings. The Kier molecular flexibility index (Phi) is 5.13. The van der Waals surface area contributed by atoms with Crippen molar-refractivity contribution in [3.05, 3.63) is 0 Å². The predicted molar refractivity (Wildman–Crippen MR) is 51.8 cm³/mol. The first kappa shape index (κ1) is 11.3. The molecule has 0 heterocycles. The molecule has 0 fully saturated rings. The summed E-state index contributed by atoms with van der Waals surface area (Å²) in [6, 6.07) is 0.221. The Morgan fingerprint density at radius 1 is 1.45 bits per heavy atom. The van der Waals surface area contributed by atoms with Crippen LogP contribution in [-0.2, 0) is 0 Å². The Bertz CT molecular complexity index is 101. The van der Waals surface area contributed by atoms with Crippen LogP contribution >= 0.6 is 11.8 Å². The van der Waals surface area contributed by atoms with Gasteiger partial charge >= 0.3 is 0 Å². The van der Waals surface area contributed by atoms with Crippen LogP contribution in [0.3, 0.4) is 0 Å². The summed E-state index contributed by atoms with van der Waals surface area (Å²) >= 11 is 1.71. The Balaban J connectivity index is 3.44. The molecule has 0 radical (unpaired) electrons. The van der Waals surface area contributed by atoms with Gasteiger partial charge in [-0.1, -0.05) is 20.8 Å². The molecule has 0 aromatic carbocycles. The highest BCUT2D eigenvalue weighted by Gasteiger charge is 2.19. The van der Waals surface area contributed by atoms with E-state index >= 15 is 0 Å². The summed E-state index contributed by atoms with van der Waals surface area (Å²) in [6.45, 7) is 6.66. The number of thioether (sulfide) groups is 1. The average molecular weight is 177 g/mol. The first-order valence-corrected chi connectivity index (χ1v) is 5.08. The van der Waals surface area contributed by atoms with E-state index in [0.717, 1.165) is 11.5 Å². The summed E-state index contributed by atoms with van der Waals surface area (Å²) in [5, 5.41) is 8.52. The van der Waals surface area contributed by atoms with E-state index in [1.807, 2.05) is 0 Å². The summed E-state index contributed by atoms with van der Waals surface area (Å²) in [5.74, 6) is 1.73. The quantitative estimate of drug-likeness (QED) is 0.632. The van der Waals surface area contributed by atoms with Gasteiger partial charge in [-0.05, 0) is 5.41 Å². The van der Waals surface area contributed by atoms with Gasteiger partial charge in [0.1, 0.15) is 0 Å². The first-order chi connectivity index (χ1) is 4.98. The van der Waals surface area contributed by atoms with Crippen LogP contribution in [0.5, 0.6) is 0 Å². The minimum atomic E-state index is 0.183. The highest BCUT2D eigenvalue weighted by molar-refractivity contribution is 7.99. The molecule has 1 atom stereocenters. The second-order valence-electron chi connectivity index (χ2n) is 3.77. The average Bonchev–Trinajstić information content (AvgIpc) is 1.86. The van der Waals surface area contributed by atoms with Crippen molar-refractivity contribution in [2.24, 2.45) is 11.1 Å². The molecule has 11 heavy (non-hydrogen) atoms. The Labute approximate surface area is 73.6 Å². The molecule has 68 valence electrons. The highest BCUT2D eigenvalue weighted by atomic mass is 32.2. The number of rotatable bonds is 4. The van der Waals surface area contributed by atoms with Crippen LogP contribution in [0.1, 0.15) is 20.8 Å². The van der Waals surface area contributed by atoms with Crippen molar-refractivity contribution in [3.63, 3.8) is 0 Å². The fraction of sp³-hybridized carbons (Fsp3) is 1.00. The maximum atomic E-state index is 8.52. The number of hydrogen-bond acceptors (Lipinski definition) is 3. The van der Waals surface area contributed by atoms with Crippen LogP contribution in [0.4, 0.5) is 0 Å². The van der Waals surface area contributed by atoms with Gasteiger partial charge in [0.05, 0.1) is 6.61 Å². The van der Waals surface area contributed by atoms with E-state index in [9.17, 15) is 0 Å². The molecule has 0 aromatic heterocycles. The van der Waals surface area contributed by atoms with Gasteiger partial charge in [0.15, 0.2) is 0 Å². The van der Waals surface area contributed by atoms with Crippen molar-refractivity contribution >= 4 is 11.8 Å². The molecule has 0 bridgehead atoms. The minimum Gasteiger partial charge on any atom is -0.396 e. The molecule has 2 nitrogen and oxygen atoms in total. The van der Waals surface area contributed by atoms with E-state index < -0.39 is 0 Å². The molecular weight excluding hydrogens is 158 g/mol.